The van der Waals surface area contributed by atoms with Gasteiger partial charge in [0.15, 0.2) is 0 Å². The van der Waals surface area contributed by atoms with E-state index in [1.165, 1.54) is 4.90 Å². The maximum Gasteiger partial charge on any atom is 0.305 e. The van der Waals surface area contributed by atoms with E-state index in [4.69, 9.17) is 22.3 Å². The highest BCUT2D eigenvalue weighted by Gasteiger charge is 2.53. The van der Waals surface area contributed by atoms with Crippen LogP contribution in [0.2, 0.25) is 0 Å². The number of piperazine rings is 1. The molecule has 3 saturated heterocycles. The molecule has 5 rings (SSSR count). The molecule has 15 nitrogen and oxygen atoms in total. The molecule has 5 amide bonds. The second-order valence-electron chi connectivity index (χ2n) is 14.5. The van der Waals surface area contributed by atoms with Crippen molar-refractivity contribution in [2.75, 3.05) is 19.6 Å². The maximum atomic E-state index is 14.3. The summed E-state index contributed by atoms with van der Waals surface area (Å²) in [6.45, 7) is 2.74. The molecule has 8 unspecified atom stereocenters. The largest absolute Gasteiger partial charge is 0.481 e. The van der Waals surface area contributed by atoms with Crippen molar-refractivity contribution in [1.29, 1.82) is 0 Å². The number of carboxylic acid groups (broad SMARTS) is 1. The van der Waals surface area contributed by atoms with Gasteiger partial charge in [-0.25, -0.2) is 0 Å². The van der Waals surface area contributed by atoms with Gasteiger partial charge < -0.3 is 47.6 Å². The Kier molecular flexibility index (Phi) is 13.2. The third kappa shape index (κ3) is 9.58. The Bertz CT molecular complexity index is 1620. The van der Waals surface area contributed by atoms with Gasteiger partial charge in [0, 0.05) is 25.6 Å². The highest BCUT2D eigenvalue weighted by molar-refractivity contribution is 5.96. The predicted octanol–water partition coefficient (Wildman–Crippen LogP) is -0.499. The van der Waals surface area contributed by atoms with E-state index in [1.807, 2.05) is 67.6 Å². The molecule has 8 atom stereocenters. The van der Waals surface area contributed by atoms with Crippen LogP contribution in [0.1, 0.15) is 56.6 Å². The summed E-state index contributed by atoms with van der Waals surface area (Å²) in [5.41, 5.74) is 19.6. The van der Waals surface area contributed by atoms with E-state index in [2.05, 4.69) is 10.6 Å². The molecule has 9 N–H and O–H groups in total. The first-order valence-electron chi connectivity index (χ1n) is 18.4. The van der Waals surface area contributed by atoms with Crippen molar-refractivity contribution < 1.29 is 33.9 Å². The van der Waals surface area contributed by atoms with Gasteiger partial charge >= 0.3 is 5.97 Å². The quantitative estimate of drug-likeness (QED) is 0.114. The number of carboxylic acids is 1. The Labute approximate surface area is 309 Å². The second-order valence-corrected chi connectivity index (χ2v) is 14.5. The molecule has 3 aliphatic rings. The first kappa shape index (κ1) is 39.3. The van der Waals surface area contributed by atoms with Gasteiger partial charge in [-0.05, 0) is 63.1 Å². The summed E-state index contributed by atoms with van der Waals surface area (Å²) in [5.74, 6) is -3.26. The number of benzene rings is 2. The molecular formula is C38H52N8O7. The van der Waals surface area contributed by atoms with E-state index in [9.17, 15) is 28.8 Å². The van der Waals surface area contributed by atoms with Crippen molar-refractivity contribution in [3.05, 3.63) is 71.8 Å². The zero-order valence-corrected chi connectivity index (χ0v) is 30.1. The van der Waals surface area contributed by atoms with Gasteiger partial charge in [-0.3, -0.25) is 28.8 Å². The molecule has 0 saturated carbocycles. The first-order valence-corrected chi connectivity index (χ1v) is 18.4. The maximum absolute atomic E-state index is 14.3. The molecule has 2 aromatic carbocycles. The molecule has 2 bridgehead atoms. The Morgan fingerprint density at radius 2 is 1.43 bits per heavy atom. The zero-order valence-electron chi connectivity index (χ0n) is 30.1. The Hall–Kier alpha value is -4.86. The Morgan fingerprint density at radius 1 is 0.830 bits per heavy atom. The number of piperidine rings is 1. The summed E-state index contributed by atoms with van der Waals surface area (Å²) in [4.78, 5) is 84.3. The van der Waals surface area contributed by atoms with Crippen LogP contribution in [0, 0.1) is 0 Å². The van der Waals surface area contributed by atoms with Crippen molar-refractivity contribution in [2.24, 2.45) is 17.2 Å². The van der Waals surface area contributed by atoms with Crippen molar-refractivity contribution in [2.45, 2.75) is 107 Å². The van der Waals surface area contributed by atoms with Gasteiger partial charge in [0.2, 0.25) is 29.5 Å². The third-order valence-electron chi connectivity index (χ3n) is 10.5. The number of fused-ring (bicyclic) bond motifs is 2. The number of nitrogens with two attached hydrogens (primary N) is 3. The van der Waals surface area contributed by atoms with E-state index in [0.29, 0.717) is 32.2 Å². The van der Waals surface area contributed by atoms with Crippen LogP contribution < -0.4 is 27.8 Å². The molecular weight excluding hydrogens is 680 g/mol. The molecule has 2 aromatic rings. The molecule has 3 aliphatic heterocycles. The number of carbonyl (C=O) groups excluding carboxylic acids is 5. The summed E-state index contributed by atoms with van der Waals surface area (Å²) in [6, 6.07) is 12.8. The normalized spacial score (nSPS) is 23.0. The van der Waals surface area contributed by atoms with Crippen LogP contribution in [0.25, 0.3) is 0 Å². The average Bonchev–Trinajstić information content (AvgIpc) is 3.40. The number of amides is 5. The van der Waals surface area contributed by atoms with Crippen molar-refractivity contribution in [3.63, 3.8) is 0 Å². The minimum Gasteiger partial charge on any atom is -0.481 e. The molecule has 0 aliphatic carbocycles. The van der Waals surface area contributed by atoms with Crippen molar-refractivity contribution in [3.8, 4) is 0 Å². The van der Waals surface area contributed by atoms with Gasteiger partial charge in [-0.1, -0.05) is 60.7 Å². The van der Waals surface area contributed by atoms with Crippen LogP contribution in [0.3, 0.4) is 0 Å². The van der Waals surface area contributed by atoms with Crippen LogP contribution in [0.5, 0.6) is 0 Å². The van der Waals surface area contributed by atoms with E-state index >= 15 is 0 Å². The third-order valence-corrected chi connectivity index (χ3v) is 10.5. The number of hydrogen-bond donors (Lipinski definition) is 6. The number of carbonyl (C=O) groups is 6. The molecule has 0 spiro atoms. The lowest BCUT2D eigenvalue weighted by Gasteiger charge is -2.57. The number of hydrogen-bond acceptors (Lipinski definition) is 9. The van der Waals surface area contributed by atoms with Gasteiger partial charge in [0.05, 0.1) is 30.6 Å². The standard InChI is InChI=1S/C38H52N8O7/c1-23-16-31(43-35(50)30(18-25-12-6-3-7-13-25)42-34(49)28(40)17-24-10-4-2-5-11-24)37(52)45(23)32(14-8-9-15-39)38(53)46-26-19-27(46)22-44(21-26)36(51)29(41)20-33(47)48/h2-7,10-13,23,26-32H,8-9,14-22,39-41H2,1H3,(H,42,49)(H,43,50)(H,47,48). The highest BCUT2D eigenvalue weighted by Crippen LogP contribution is 2.36. The molecule has 53 heavy (non-hydrogen) atoms. The Balaban J connectivity index is 1.27. The SMILES string of the molecule is CC1CC(NC(=O)C(Cc2ccccc2)NC(=O)C(N)Cc2ccccc2)C(=O)N1C(CCCCN)C(=O)N1C2CC1CN(C(=O)C(N)CC(=O)O)C2. The fraction of sp³-hybridized carbons (Fsp3) is 0.526. The van der Waals surface area contributed by atoms with Crippen LogP contribution in [0.4, 0.5) is 0 Å². The highest BCUT2D eigenvalue weighted by atomic mass is 16.4. The number of nitrogens with one attached hydrogen (secondary N) is 2. The number of aliphatic carboxylic acids is 1. The lowest BCUT2D eigenvalue weighted by molar-refractivity contribution is -0.168. The summed E-state index contributed by atoms with van der Waals surface area (Å²) >= 11 is 0. The lowest BCUT2D eigenvalue weighted by Crippen LogP contribution is -2.73. The zero-order chi connectivity index (χ0) is 38.2. The fourth-order valence-electron chi connectivity index (χ4n) is 7.80. The van der Waals surface area contributed by atoms with Crippen LogP contribution in [-0.2, 0) is 41.6 Å². The first-order chi connectivity index (χ1) is 25.4. The van der Waals surface area contributed by atoms with Gasteiger partial charge in [-0.2, -0.15) is 0 Å². The van der Waals surface area contributed by atoms with Crippen molar-refractivity contribution >= 4 is 35.5 Å². The minimum absolute atomic E-state index is 0.176. The van der Waals surface area contributed by atoms with Gasteiger partial charge in [-0.15, -0.1) is 0 Å². The predicted molar refractivity (Wildman–Crippen MR) is 196 cm³/mol. The average molecular weight is 733 g/mol. The lowest BCUT2D eigenvalue weighted by atomic mass is 9.85. The fourth-order valence-corrected chi connectivity index (χ4v) is 7.80. The number of nitrogens with zero attached hydrogens (tertiary/aromatic N) is 3. The summed E-state index contributed by atoms with van der Waals surface area (Å²) in [6.07, 6.45) is 2.56. The second kappa shape index (κ2) is 17.8. The molecule has 3 heterocycles. The van der Waals surface area contributed by atoms with E-state index in [0.717, 1.165) is 11.1 Å². The Morgan fingerprint density at radius 3 is 2.02 bits per heavy atom. The molecule has 0 aromatic heterocycles. The van der Waals surface area contributed by atoms with E-state index < -0.39 is 60.3 Å². The molecule has 3 fully saturated rings. The summed E-state index contributed by atoms with van der Waals surface area (Å²) < 4.78 is 0. The van der Waals surface area contributed by atoms with Gasteiger partial charge in [0.1, 0.15) is 18.1 Å². The summed E-state index contributed by atoms with van der Waals surface area (Å²) in [5, 5.41) is 14.8. The van der Waals surface area contributed by atoms with E-state index in [-0.39, 0.29) is 62.3 Å². The smallest absolute Gasteiger partial charge is 0.305 e. The molecule has 286 valence electrons. The van der Waals surface area contributed by atoms with E-state index in [1.54, 1.807) is 9.80 Å². The van der Waals surface area contributed by atoms with Crippen LogP contribution in [0.15, 0.2) is 60.7 Å². The van der Waals surface area contributed by atoms with Crippen LogP contribution in [-0.4, -0.2) is 123 Å². The summed E-state index contributed by atoms with van der Waals surface area (Å²) in [7, 11) is 0. The topological polar surface area (TPSA) is 234 Å². The monoisotopic (exact) mass is 732 g/mol. The van der Waals surface area contributed by atoms with Gasteiger partial charge in [0.25, 0.3) is 0 Å². The molecule has 15 heteroatoms. The minimum atomic E-state index is -1.17. The molecule has 0 radical (unpaired) electrons. The van der Waals surface area contributed by atoms with Crippen LogP contribution >= 0.6 is 0 Å². The number of unbranched alkanes of at least 4 members (excludes halogenated alkanes) is 1. The number of likely N-dealkylation sites (tertiary alicyclic amines) is 3. The number of rotatable bonds is 17. The van der Waals surface area contributed by atoms with Crippen molar-refractivity contribution in [1.82, 2.24) is 25.3 Å².